The summed E-state index contributed by atoms with van der Waals surface area (Å²) in [6.07, 6.45) is 9.47. The van der Waals surface area contributed by atoms with Crippen LogP contribution in [0.15, 0.2) is 22.8 Å². The van der Waals surface area contributed by atoms with Gasteiger partial charge >= 0.3 is 0 Å². The predicted molar refractivity (Wildman–Crippen MR) is 85.8 cm³/mol. The van der Waals surface area contributed by atoms with Crippen LogP contribution < -0.4 is 5.32 Å². The Morgan fingerprint density at radius 1 is 1.55 bits per heavy atom. The first-order valence-corrected chi connectivity index (χ1v) is 8.56. The van der Waals surface area contributed by atoms with Crippen LogP contribution in [0.1, 0.15) is 57.2 Å². The first-order chi connectivity index (χ1) is 9.81. The standard InChI is InChI=1S/C16H25BrN2O/c1-2-10-18-15(16-14(17)8-4-11-19-16)9-3-6-13-7-5-12-20-13/h4,8,11,13,15,18H,2-3,5-7,9-10,12H2,1H3. The van der Waals surface area contributed by atoms with E-state index in [4.69, 9.17) is 4.74 Å². The third-order valence-electron chi connectivity index (χ3n) is 3.80. The Morgan fingerprint density at radius 2 is 2.45 bits per heavy atom. The number of nitrogens with zero attached hydrogens (tertiary/aromatic N) is 1. The Morgan fingerprint density at radius 3 is 3.15 bits per heavy atom. The molecule has 0 saturated carbocycles. The van der Waals surface area contributed by atoms with E-state index in [0.29, 0.717) is 12.1 Å². The molecular formula is C16H25BrN2O. The first kappa shape index (κ1) is 15.9. The van der Waals surface area contributed by atoms with Crippen LogP contribution in [0.25, 0.3) is 0 Å². The first-order valence-electron chi connectivity index (χ1n) is 7.76. The fourth-order valence-corrected chi connectivity index (χ4v) is 3.26. The van der Waals surface area contributed by atoms with Gasteiger partial charge in [-0.05, 0) is 73.1 Å². The number of ether oxygens (including phenoxy) is 1. The van der Waals surface area contributed by atoms with Crippen molar-refractivity contribution in [2.45, 2.75) is 57.6 Å². The third kappa shape index (κ3) is 4.83. The van der Waals surface area contributed by atoms with Crippen LogP contribution >= 0.6 is 15.9 Å². The molecule has 1 aromatic heterocycles. The highest BCUT2D eigenvalue weighted by atomic mass is 79.9. The molecule has 2 atom stereocenters. The molecule has 1 fully saturated rings. The molecule has 0 amide bonds. The topological polar surface area (TPSA) is 34.1 Å². The van der Waals surface area contributed by atoms with Crippen molar-refractivity contribution in [3.05, 3.63) is 28.5 Å². The molecule has 1 aliphatic rings. The van der Waals surface area contributed by atoms with Gasteiger partial charge in [-0.1, -0.05) is 6.92 Å². The molecule has 1 aliphatic heterocycles. The van der Waals surface area contributed by atoms with Crippen LogP contribution in [0.3, 0.4) is 0 Å². The monoisotopic (exact) mass is 340 g/mol. The van der Waals surface area contributed by atoms with E-state index in [1.165, 1.54) is 25.7 Å². The van der Waals surface area contributed by atoms with E-state index in [9.17, 15) is 0 Å². The van der Waals surface area contributed by atoms with Crippen molar-refractivity contribution in [1.82, 2.24) is 10.3 Å². The van der Waals surface area contributed by atoms with Crippen LogP contribution in [0.2, 0.25) is 0 Å². The minimum Gasteiger partial charge on any atom is -0.378 e. The lowest BCUT2D eigenvalue weighted by Gasteiger charge is -2.20. The number of rotatable bonds is 8. The second-order valence-electron chi connectivity index (χ2n) is 5.44. The highest BCUT2D eigenvalue weighted by molar-refractivity contribution is 9.10. The molecule has 2 unspecified atom stereocenters. The summed E-state index contributed by atoms with van der Waals surface area (Å²) in [5, 5.41) is 3.62. The lowest BCUT2D eigenvalue weighted by atomic mass is 10.0. The summed E-state index contributed by atoms with van der Waals surface area (Å²) < 4.78 is 6.80. The van der Waals surface area contributed by atoms with Crippen molar-refractivity contribution >= 4 is 15.9 Å². The summed E-state index contributed by atoms with van der Waals surface area (Å²) in [4.78, 5) is 4.54. The quantitative estimate of drug-likeness (QED) is 0.768. The molecule has 0 aromatic carbocycles. The van der Waals surface area contributed by atoms with E-state index in [0.717, 1.165) is 36.2 Å². The molecular weight excluding hydrogens is 316 g/mol. The lowest BCUT2D eigenvalue weighted by Crippen LogP contribution is -2.23. The largest absolute Gasteiger partial charge is 0.378 e. The number of halogens is 1. The maximum atomic E-state index is 5.70. The highest BCUT2D eigenvalue weighted by Crippen LogP contribution is 2.26. The second-order valence-corrected chi connectivity index (χ2v) is 6.30. The van der Waals surface area contributed by atoms with Crippen LogP contribution in [-0.2, 0) is 4.74 Å². The van der Waals surface area contributed by atoms with Crippen molar-refractivity contribution in [3.8, 4) is 0 Å². The number of nitrogens with one attached hydrogen (secondary N) is 1. The smallest absolute Gasteiger partial charge is 0.0714 e. The Hall–Kier alpha value is -0.450. The van der Waals surface area contributed by atoms with Gasteiger partial charge in [-0.15, -0.1) is 0 Å². The van der Waals surface area contributed by atoms with Gasteiger partial charge in [-0.3, -0.25) is 4.98 Å². The summed E-state index contributed by atoms with van der Waals surface area (Å²) in [5.74, 6) is 0. The SMILES string of the molecule is CCCNC(CCCC1CCCO1)c1ncccc1Br. The average Bonchev–Trinajstić information content (AvgIpc) is 2.97. The zero-order valence-electron chi connectivity index (χ0n) is 12.3. The summed E-state index contributed by atoms with van der Waals surface area (Å²) in [5.41, 5.74) is 1.13. The lowest BCUT2D eigenvalue weighted by molar-refractivity contribution is 0.101. The Balaban J connectivity index is 1.87. The molecule has 0 radical (unpaired) electrons. The van der Waals surface area contributed by atoms with Crippen molar-refractivity contribution in [2.24, 2.45) is 0 Å². The van der Waals surface area contributed by atoms with Gasteiger partial charge < -0.3 is 10.1 Å². The summed E-state index contributed by atoms with van der Waals surface area (Å²) in [7, 11) is 0. The van der Waals surface area contributed by atoms with Crippen LogP contribution in [0, 0.1) is 0 Å². The van der Waals surface area contributed by atoms with Gasteiger partial charge in [0.15, 0.2) is 0 Å². The Bertz CT molecular complexity index is 394. The number of hydrogen-bond donors (Lipinski definition) is 1. The van der Waals surface area contributed by atoms with Gasteiger partial charge in [0.2, 0.25) is 0 Å². The van der Waals surface area contributed by atoms with E-state index in [-0.39, 0.29) is 0 Å². The summed E-state index contributed by atoms with van der Waals surface area (Å²) >= 11 is 3.62. The van der Waals surface area contributed by atoms with E-state index < -0.39 is 0 Å². The molecule has 2 rings (SSSR count). The molecule has 1 saturated heterocycles. The molecule has 2 heterocycles. The molecule has 1 N–H and O–H groups in total. The highest BCUT2D eigenvalue weighted by Gasteiger charge is 2.18. The van der Waals surface area contributed by atoms with Gasteiger partial charge in [0.25, 0.3) is 0 Å². The van der Waals surface area contributed by atoms with E-state index in [2.05, 4.69) is 39.2 Å². The van der Waals surface area contributed by atoms with Crippen molar-refractivity contribution < 1.29 is 4.74 Å². The molecule has 1 aromatic rings. The Kier molecular flexibility index (Phi) is 6.97. The third-order valence-corrected chi connectivity index (χ3v) is 4.47. The van der Waals surface area contributed by atoms with Crippen molar-refractivity contribution in [2.75, 3.05) is 13.2 Å². The summed E-state index contributed by atoms with van der Waals surface area (Å²) in [6, 6.07) is 4.38. The van der Waals surface area contributed by atoms with Gasteiger partial charge in [0.1, 0.15) is 0 Å². The number of hydrogen-bond acceptors (Lipinski definition) is 3. The molecule has 0 spiro atoms. The number of pyridine rings is 1. The van der Waals surface area contributed by atoms with E-state index >= 15 is 0 Å². The average molecular weight is 341 g/mol. The fourth-order valence-electron chi connectivity index (χ4n) is 2.73. The normalized spacial score (nSPS) is 20.2. The predicted octanol–water partition coefficient (Wildman–Crippen LogP) is 4.23. The molecule has 20 heavy (non-hydrogen) atoms. The van der Waals surface area contributed by atoms with Crippen molar-refractivity contribution in [1.29, 1.82) is 0 Å². The summed E-state index contributed by atoms with van der Waals surface area (Å²) in [6.45, 7) is 4.19. The van der Waals surface area contributed by atoms with E-state index in [1.54, 1.807) is 0 Å². The van der Waals surface area contributed by atoms with Crippen LogP contribution in [0.4, 0.5) is 0 Å². The van der Waals surface area contributed by atoms with Gasteiger partial charge in [0, 0.05) is 17.3 Å². The van der Waals surface area contributed by atoms with Gasteiger partial charge in [0.05, 0.1) is 17.8 Å². The van der Waals surface area contributed by atoms with Crippen molar-refractivity contribution in [3.63, 3.8) is 0 Å². The van der Waals surface area contributed by atoms with E-state index in [1.807, 2.05) is 12.3 Å². The van der Waals surface area contributed by atoms with Gasteiger partial charge in [-0.2, -0.15) is 0 Å². The van der Waals surface area contributed by atoms with Gasteiger partial charge in [-0.25, -0.2) is 0 Å². The molecule has 4 heteroatoms. The maximum absolute atomic E-state index is 5.70. The second kappa shape index (κ2) is 8.75. The zero-order valence-corrected chi connectivity index (χ0v) is 13.9. The van der Waals surface area contributed by atoms with Crippen LogP contribution in [-0.4, -0.2) is 24.2 Å². The minimum absolute atomic E-state index is 0.340. The molecule has 0 aliphatic carbocycles. The number of aromatic nitrogens is 1. The minimum atomic E-state index is 0.340. The maximum Gasteiger partial charge on any atom is 0.0714 e. The fraction of sp³-hybridized carbons (Fsp3) is 0.688. The molecule has 0 bridgehead atoms. The van der Waals surface area contributed by atoms with Crippen LogP contribution in [0.5, 0.6) is 0 Å². The molecule has 3 nitrogen and oxygen atoms in total. The Labute approximate surface area is 130 Å². The zero-order chi connectivity index (χ0) is 14.2. The molecule has 112 valence electrons.